The van der Waals surface area contributed by atoms with Gasteiger partial charge in [0.05, 0.1) is 6.54 Å². The summed E-state index contributed by atoms with van der Waals surface area (Å²) < 4.78 is 18.2. The van der Waals surface area contributed by atoms with Crippen molar-refractivity contribution in [3.63, 3.8) is 0 Å². The summed E-state index contributed by atoms with van der Waals surface area (Å²) in [5.74, 6) is 0.235. The lowest BCUT2D eigenvalue weighted by Crippen LogP contribution is -2.51. The number of carbonyl (C=O) groups excluding carboxylic acids is 1. The van der Waals surface area contributed by atoms with Gasteiger partial charge in [-0.3, -0.25) is 4.99 Å². The van der Waals surface area contributed by atoms with Crippen LogP contribution in [0.5, 0.6) is 0 Å². The summed E-state index contributed by atoms with van der Waals surface area (Å²) in [7, 11) is 0. The molecular formula is C18H28FN5O2. The molecule has 0 unspecified atom stereocenters. The number of piperazine rings is 1. The van der Waals surface area contributed by atoms with Crippen LogP contribution in [0.2, 0.25) is 0 Å². The number of nitrogens with two attached hydrogens (primary N) is 1. The molecule has 1 aliphatic heterocycles. The van der Waals surface area contributed by atoms with Crippen LogP contribution in [0.1, 0.15) is 20.8 Å². The summed E-state index contributed by atoms with van der Waals surface area (Å²) in [4.78, 5) is 20.0. The van der Waals surface area contributed by atoms with Crippen molar-refractivity contribution in [2.45, 2.75) is 26.4 Å². The number of carbonyl (C=O) groups is 1. The number of nitrogens with one attached hydrogen (secondary N) is 1. The molecule has 26 heavy (non-hydrogen) atoms. The van der Waals surface area contributed by atoms with Gasteiger partial charge in [0.25, 0.3) is 0 Å². The van der Waals surface area contributed by atoms with E-state index in [9.17, 15) is 9.18 Å². The highest BCUT2D eigenvalue weighted by molar-refractivity contribution is 5.78. The first-order valence-electron chi connectivity index (χ1n) is 8.77. The van der Waals surface area contributed by atoms with E-state index < -0.39 is 11.7 Å². The largest absolute Gasteiger partial charge is 0.444 e. The van der Waals surface area contributed by atoms with Crippen LogP contribution in [0.25, 0.3) is 0 Å². The van der Waals surface area contributed by atoms with Gasteiger partial charge in [0.2, 0.25) is 0 Å². The van der Waals surface area contributed by atoms with Gasteiger partial charge in [-0.2, -0.15) is 0 Å². The van der Waals surface area contributed by atoms with Crippen LogP contribution < -0.4 is 16.0 Å². The molecule has 8 heteroatoms. The Balaban J connectivity index is 1.72. The third-order valence-electron chi connectivity index (χ3n) is 3.85. The molecule has 1 amide bonds. The summed E-state index contributed by atoms with van der Waals surface area (Å²) in [6, 6.07) is 6.50. The van der Waals surface area contributed by atoms with E-state index in [4.69, 9.17) is 10.5 Å². The summed E-state index contributed by atoms with van der Waals surface area (Å²) >= 11 is 0. The zero-order chi connectivity index (χ0) is 19.2. The summed E-state index contributed by atoms with van der Waals surface area (Å²) in [5, 5.41) is 2.65. The second kappa shape index (κ2) is 8.73. The molecule has 1 saturated heterocycles. The van der Waals surface area contributed by atoms with Gasteiger partial charge < -0.3 is 25.6 Å². The highest BCUT2D eigenvalue weighted by Crippen LogP contribution is 2.16. The van der Waals surface area contributed by atoms with E-state index in [0.29, 0.717) is 19.0 Å². The first kappa shape index (κ1) is 19.8. The SMILES string of the molecule is CC(C)(C)OC(=O)NCCN=C(N)N1CCN(c2ccc(F)cc2)CC1. The van der Waals surface area contributed by atoms with Gasteiger partial charge in [0.1, 0.15) is 11.4 Å². The molecule has 144 valence electrons. The monoisotopic (exact) mass is 365 g/mol. The number of ether oxygens (including phenoxy) is 1. The Labute approximate surface area is 154 Å². The first-order chi connectivity index (χ1) is 12.2. The van der Waals surface area contributed by atoms with Gasteiger partial charge in [0.15, 0.2) is 5.96 Å². The standard InChI is InChI=1S/C18H28FN5O2/c1-18(2,3)26-17(25)22-9-8-21-16(20)24-12-10-23(11-13-24)15-6-4-14(19)5-7-15/h4-7H,8-13H2,1-3H3,(H2,20,21)(H,22,25). The lowest BCUT2D eigenvalue weighted by Gasteiger charge is -2.36. The Morgan fingerprint density at radius 3 is 2.42 bits per heavy atom. The summed E-state index contributed by atoms with van der Waals surface area (Å²) in [5.41, 5.74) is 6.52. The lowest BCUT2D eigenvalue weighted by molar-refractivity contribution is 0.0529. The van der Waals surface area contributed by atoms with E-state index in [1.807, 2.05) is 25.7 Å². The van der Waals surface area contributed by atoms with Crippen molar-refractivity contribution in [1.82, 2.24) is 10.2 Å². The van der Waals surface area contributed by atoms with Crippen molar-refractivity contribution >= 4 is 17.7 Å². The van der Waals surface area contributed by atoms with E-state index in [0.717, 1.165) is 31.9 Å². The quantitative estimate of drug-likeness (QED) is 0.483. The number of rotatable bonds is 4. The van der Waals surface area contributed by atoms with Crippen LogP contribution in [-0.2, 0) is 4.74 Å². The van der Waals surface area contributed by atoms with Crippen molar-refractivity contribution < 1.29 is 13.9 Å². The van der Waals surface area contributed by atoms with Gasteiger partial charge in [-0.15, -0.1) is 0 Å². The first-order valence-corrected chi connectivity index (χ1v) is 8.77. The van der Waals surface area contributed by atoms with Gasteiger partial charge in [-0.05, 0) is 45.0 Å². The average molecular weight is 365 g/mol. The van der Waals surface area contributed by atoms with Crippen molar-refractivity contribution in [1.29, 1.82) is 0 Å². The fourth-order valence-corrected chi connectivity index (χ4v) is 2.59. The average Bonchev–Trinajstić information content (AvgIpc) is 2.58. The highest BCUT2D eigenvalue weighted by Gasteiger charge is 2.19. The second-order valence-corrected chi connectivity index (χ2v) is 7.12. The number of anilines is 1. The Morgan fingerprint density at radius 1 is 1.23 bits per heavy atom. The number of guanidine groups is 1. The van der Waals surface area contributed by atoms with Crippen molar-refractivity contribution in [2.75, 3.05) is 44.2 Å². The number of aliphatic imine (C=N–C) groups is 1. The third-order valence-corrected chi connectivity index (χ3v) is 3.85. The van der Waals surface area contributed by atoms with Crippen molar-refractivity contribution in [3.05, 3.63) is 30.1 Å². The molecular weight excluding hydrogens is 337 g/mol. The molecule has 0 saturated carbocycles. The summed E-state index contributed by atoms with van der Waals surface area (Å²) in [6.07, 6.45) is -0.459. The smallest absolute Gasteiger partial charge is 0.407 e. The molecule has 1 fully saturated rings. The number of nitrogens with zero attached hydrogens (tertiary/aromatic N) is 3. The van der Waals surface area contributed by atoms with E-state index >= 15 is 0 Å². The number of benzene rings is 1. The number of hydrogen-bond acceptors (Lipinski definition) is 4. The lowest BCUT2D eigenvalue weighted by atomic mass is 10.2. The molecule has 0 radical (unpaired) electrons. The maximum absolute atomic E-state index is 13.0. The Bertz CT molecular complexity index is 619. The Kier molecular flexibility index (Phi) is 6.65. The van der Waals surface area contributed by atoms with Gasteiger partial charge in [-0.1, -0.05) is 0 Å². The highest BCUT2D eigenvalue weighted by atomic mass is 19.1. The number of hydrogen-bond donors (Lipinski definition) is 2. The van der Waals surface area contributed by atoms with Gasteiger partial charge in [0, 0.05) is 38.4 Å². The molecule has 0 spiro atoms. The molecule has 1 aromatic carbocycles. The van der Waals surface area contributed by atoms with Crippen LogP contribution in [0.3, 0.4) is 0 Å². The Morgan fingerprint density at radius 2 is 1.85 bits per heavy atom. The molecule has 2 rings (SSSR count). The molecule has 3 N–H and O–H groups in total. The van der Waals surface area contributed by atoms with Crippen LogP contribution in [0, 0.1) is 5.82 Å². The maximum atomic E-state index is 13.0. The minimum absolute atomic E-state index is 0.233. The number of amides is 1. The number of halogens is 1. The van der Waals surface area contributed by atoms with E-state index in [-0.39, 0.29) is 5.82 Å². The zero-order valence-corrected chi connectivity index (χ0v) is 15.7. The van der Waals surface area contributed by atoms with E-state index in [2.05, 4.69) is 15.2 Å². The minimum Gasteiger partial charge on any atom is -0.444 e. The molecule has 1 aromatic rings. The zero-order valence-electron chi connectivity index (χ0n) is 15.7. The fourth-order valence-electron chi connectivity index (χ4n) is 2.59. The van der Waals surface area contributed by atoms with E-state index in [1.54, 1.807) is 12.1 Å². The van der Waals surface area contributed by atoms with Crippen LogP contribution in [-0.4, -0.2) is 61.8 Å². The van der Waals surface area contributed by atoms with Gasteiger partial charge >= 0.3 is 6.09 Å². The molecule has 0 aliphatic carbocycles. The topological polar surface area (TPSA) is 83.2 Å². The second-order valence-electron chi connectivity index (χ2n) is 7.12. The third kappa shape index (κ3) is 6.42. The van der Waals surface area contributed by atoms with Crippen LogP contribution in [0.4, 0.5) is 14.9 Å². The molecule has 0 aromatic heterocycles. The van der Waals surface area contributed by atoms with Crippen LogP contribution in [0.15, 0.2) is 29.3 Å². The molecule has 1 heterocycles. The van der Waals surface area contributed by atoms with Crippen LogP contribution >= 0.6 is 0 Å². The molecule has 0 atom stereocenters. The minimum atomic E-state index is -0.517. The van der Waals surface area contributed by atoms with Crippen molar-refractivity contribution in [3.8, 4) is 0 Å². The fraction of sp³-hybridized carbons (Fsp3) is 0.556. The van der Waals surface area contributed by atoms with Gasteiger partial charge in [-0.25, -0.2) is 9.18 Å². The predicted molar refractivity (Wildman–Crippen MR) is 101 cm³/mol. The normalized spacial score (nSPS) is 15.8. The Hall–Kier alpha value is -2.51. The predicted octanol–water partition coefficient (Wildman–Crippen LogP) is 1.79. The molecule has 1 aliphatic rings. The number of alkyl carbamates (subject to hydrolysis) is 1. The summed E-state index contributed by atoms with van der Waals surface area (Å²) in [6.45, 7) is 9.26. The molecule has 0 bridgehead atoms. The maximum Gasteiger partial charge on any atom is 0.407 e. The molecule has 7 nitrogen and oxygen atoms in total. The van der Waals surface area contributed by atoms with Crippen molar-refractivity contribution in [2.24, 2.45) is 10.7 Å². The van der Waals surface area contributed by atoms with E-state index in [1.165, 1.54) is 12.1 Å².